The molecule has 0 saturated carbocycles. The number of thiazole rings is 1. The van der Waals surface area contributed by atoms with Crippen LogP contribution in [0.4, 0.5) is 5.69 Å². The Hall–Kier alpha value is -2.92. The number of imide groups is 1. The smallest absolute Gasteiger partial charge is 0.308 e. The molecule has 8 nitrogen and oxygen atoms in total. The summed E-state index contributed by atoms with van der Waals surface area (Å²) in [5.74, 6) is -2.00. The Kier molecular flexibility index (Phi) is 7.38. The lowest BCUT2D eigenvalue weighted by Gasteiger charge is -2.31. The van der Waals surface area contributed by atoms with Gasteiger partial charge in [-0.1, -0.05) is 79.7 Å². The van der Waals surface area contributed by atoms with E-state index in [9.17, 15) is 19.2 Å². The summed E-state index contributed by atoms with van der Waals surface area (Å²) in [6.45, 7) is 8.16. The summed E-state index contributed by atoms with van der Waals surface area (Å²) >= 11 is 8.36. The first kappa shape index (κ1) is 28.2. The number of carbonyl (C=O) groups is 3. The van der Waals surface area contributed by atoms with Crippen molar-refractivity contribution in [1.82, 2.24) is 9.47 Å². The number of nitrogens with zero attached hydrogens (tertiary/aromatic N) is 3. The highest BCUT2D eigenvalue weighted by molar-refractivity contribution is 8.00. The Morgan fingerprint density at radius 1 is 0.976 bits per heavy atom. The summed E-state index contributed by atoms with van der Waals surface area (Å²) < 4.78 is 6.85. The van der Waals surface area contributed by atoms with Crippen LogP contribution in [0.25, 0.3) is 0 Å². The first-order chi connectivity index (χ1) is 19.5. The Balaban J connectivity index is 1.44. The monoisotopic (exact) mass is 611 g/mol. The third-order valence-corrected chi connectivity index (χ3v) is 10.8. The van der Waals surface area contributed by atoms with Crippen LogP contribution in [0, 0.1) is 5.92 Å². The molecule has 3 aliphatic heterocycles. The minimum absolute atomic E-state index is 0.0623. The third kappa shape index (κ3) is 5.05. The molecule has 3 aromatic rings. The zero-order chi connectivity index (χ0) is 29.1. The van der Waals surface area contributed by atoms with E-state index in [0.29, 0.717) is 42.0 Å². The van der Waals surface area contributed by atoms with Crippen LogP contribution in [0.5, 0.6) is 0 Å². The van der Waals surface area contributed by atoms with Crippen LogP contribution < -0.4 is 9.77 Å². The number of fused-ring (bicyclic) bond motifs is 2. The second kappa shape index (κ2) is 10.7. The largest absolute Gasteiger partial charge is 0.378 e. The van der Waals surface area contributed by atoms with E-state index in [2.05, 4.69) is 20.8 Å². The van der Waals surface area contributed by atoms with E-state index >= 15 is 0 Å². The van der Waals surface area contributed by atoms with E-state index in [1.165, 1.54) is 21.2 Å². The van der Waals surface area contributed by atoms with Gasteiger partial charge in [0.2, 0.25) is 17.7 Å². The molecule has 6 rings (SSSR count). The van der Waals surface area contributed by atoms with Crippen LogP contribution in [0.1, 0.15) is 42.7 Å². The molecule has 0 spiro atoms. The topological polar surface area (TPSA) is 88.9 Å². The number of thioether (sulfide) groups is 1. The molecule has 1 aromatic heterocycles. The van der Waals surface area contributed by atoms with Gasteiger partial charge in [0.15, 0.2) is 0 Å². The van der Waals surface area contributed by atoms with Gasteiger partial charge in [-0.25, -0.2) is 4.90 Å². The standard InChI is InChI=1S/C30H30ClN3O5S2/c1-30(2,3)18-6-4-17(5-7-18)22-23-24(27(37)34(26(23)36)20-10-8-19(31)9-11-20)40-28-25(22)41-29(38)33(28)16-21(35)32-12-14-39-15-13-32/h4-11,22-24H,12-16H2,1-3H3/t22-,23-,24+/m0/s1. The molecule has 3 aliphatic rings. The van der Waals surface area contributed by atoms with Crippen molar-refractivity contribution in [3.63, 3.8) is 0 Å². The highest BCUT2D eigenvalue weighted by Crippen LogP contribution is 2.54. The van der Waals surface area contributed by atoms with Gasteiger partial charge in [-0.3, -0.25) is 23.7 Å². The van der Waals surface area contributed by atoms with Crippen molar-refractivity contribution >= 4 is 58.1 Å². The zero-order valence-electron chi connectivity index (χ0n) is 23.0. The number of benzene rings is 2. The van der Waals surface area contributed by atoms with E-state index in [-0.39, 0.29) is 34.6 Å². The fraction of sp³-hybridized carbons (Fsp3) is 0.400. The van der Waals surface area contributed by atoms with Crippen molar-refractivity contribution < 1.29 is 19.1 Å². The molecule has 0 aliphatic carbocycles. The lowest BCUT2D eigenvalue weighted by molar-refractivity contribution is -0.136. The molecular formula is C30H30ClN3O5S2. The van der Waals surface area contributed by atoms with Crippen LogP contribution in [0.2, 0.25) is 5.02 Å². The number of amides is 3. The second-order valence-corrected chi connectivity index (χ2v) is 14.1. The summed E-state index contributed by atoms with van der Waals surface area (Å²) in [4.78, 5) is 57.8. The first-order valence-electron chi connectivity index (χ1n) is 13.5. The molecule has 3 atom stereocenters. The van der Waals surface area contributed by atoms with Crippen LogP contribution in [-0.2, 0) is 31.1 Å². The molecule has 0 unspecified atom stereocenters. The molecule has 0 bridgehead atoms. The van der Waals surface area contributed by atoms with Gasteiger partial charge < -0.3 is 9.64 Å². The summed E-state index contributed by atoms with van der Waals surface area (Å²) in [6.07, 6.45) is 0. The average Bonchev–Trinajstić information content (AvgIpc) is 3.40. The minimum atomic E-state index is -0.739. The SMILES string of the molecule is CC(C)(C)c1ccc([C@@H]2c3sc(=O)n(CC(=O)N4CCOCC4)c3S[C@H]3C(=O)N(c4ccc(Cl)cc4)C(=O)[C@@H]23)cc1. The molecule has 2 fully saturated rings. The molecule has 2 saturated heterocycles. The van der Waals surface area contributed by atoms with Gasteiger partial charge >= 0.3 is 4.87 Å². The summed E-state index contributed by atoms with van der Waals surface area (Å²) in [5, 5.41) is 0.358. The molecule has 214 valence electrons. The molecule has 2 aromatic carbocycles. The van der Waals surface area contributed by atoms with E-state index in [0.717, 1.165) is 27.3 Å². The number of anilines is 1. The first-order valence-corrected chi connectivity index (χ1v) is 15.6. The summed E-state index contributed by atoms with van der Waals surface area (Å²) in [7, 11) is 0. The molecule has 0 radical (unpaired) electrons. The van der Waals surface area contributed by atoms with Crippen molar-refractivity contribution in [2.45, 2.75) is 48.9 Å². The zero-order valence-corrected chi connectivity index (χ0v) is 25.4. The number of halogens is 1. The van der Waals surface area contributed by atoms with Crippen LogP contribution in [-0.4, -0.2) is 58.7 Å². The van der Waals surface area contributed by atoms with Crippen molar-refractivity contribution in [2.24, 2.45) is 5.92 Å². The van der Waals surface area contributed by atoms with Gasteiger partial charge in [-0.15, -0.1) is 0 Å². The molecule has 3 amide bonds. The maximum absolute atomic E-state index is 14.0. The van der Waals surface area contributed by atoms with Crippen molar-refractivity contribution in [1.29, 1.82) is 0 Å². The third-order valence-electron chi connectivity index (χ3n) is 7.93. The van der Waals surface area contributed by atoms with Gasteiger partial charge in [0.05, 0.1) is 29.8 Å². The van der Waals surface area contributed by atoms with Crippen LogP contribution >= 0.6 is 34.7 Å². The van der Waals surface area contributed by atoms with Crippen molar-refractivity contribution in [3.05, 3.63) is 79.2 Å². The van der Waals surface area contributed by atoms with Gasteiger partial charge in [-0.2, -0.15) is 0 Å². The fourth-order valence-electron chi connectivity index (χ4n) is 5.70. The Morgan fingerprint density at radius 2 is 1.63 bits per heavy atom. The fourth-order valence-corrected chi connectivity index (χ4v) is 8.60. The molecule has 41 heavy (non-hydrogen) atoms. The van der Waals surface area contributed by atoms with Gasteiger partial charge in [-0.05, 0) is 40.8 Å². The van der Waals surface area contributed by atoms with Crippen molar-refractivity contribution in [3.8, 4) is 0 Å². The summed E-state index contributed by atoms with van der Waals surface area (Å²) in [6, 6.07) is 14.7. The van der Waals surface area contributed by atoms with E-state index in [1.54, 1.807) is 29.2 Å². The van der Waals surface area contributed by atoms with Crippen LogP contribution in [0.15, 0.2) is 58.4 Å². The van der Waals surface area contributed by atoms with E-state index < -0.39 is 17.1 Å². The Labute approximate surface area is 251 Å². The van der Waals surface area contributed by atoms with E-state index in [4.69, 9.17) is 16.3 Å². The number of morpholine rings is 1. The normalized spacial score (nSPS) is 22.6. The van der Waals surface area contributed by atoms with Gasteiger partial charge in [0.1, 0.15) is 11.8 Å². The maximum Gasteiger partial charge on any atom is 0.308 e. The Bertz CT molecular complexity index is 1570. The summed E-state index contributed by atoms with van der Waals surface area (Å²) in [5.41, 5.74) is 2.40. The number of aromatic nitrogens is 1. The lowest BCUT2D eigenvalue weighted by Crippen LogP contribution is -2.43. The van der Waals surface area contributed by atoms with Crippen LogP contribution in [0.3, 0.4) is 0 Å². The maximum atomic E-state index is 14.0. The quantitative estimate of drug-likeness (QED) is 0.403. The number of ether oxygens (including phenoxy) is 1. The number of carbonyl (C=O) groups excluding carboxylic acids is 3. The number of rotatable bonds is 4. The molecule has 0 N–H and O–H groups in total. The van der Waals surface area contributed by atoms with Crippen molar-refractivity contribution in [2.75, 3.05) is 31.2 Å². The van der Waals surface area contributed by atoms with E-state index in [1.807, 2.05) is 24.3 Å². The number of hydrogen-bond acceptors (Lipinski definition) is 7. The molecular weight excluding hydrogens is 582 g/mol. The predicted octanol–water partition coefficient (Wildman–Crippen LogP) is 4.52. The molecule has 4 heterocycles. The van der Waals surface area contributed by atoms with Gasteiger partial charge in [0, 0.05) is 28.9 Å². The van der Waals surface area contributed by atoms with Gasteiger partial charge in [0.25, 0.3) is 0 Å². The minimum Gasteiger partial charge on any atom is -0.378 e. The highest BCUT2D eigenvalue weighted by atomic mass is 35.5. The lowest BCUT2D eigenvalue weighted by atomic mass is 9.81. The predicted molar refractivity (Wildman–Crippen MR) is 160 cm³/mol. The average molecular weight is 612 g/mol. The highest BCUT2D eigenvalue weighted by Gasteiger charge is 2.56. The molecule has 11 heteroatoms. The Morgan fingerprint density at radius 3 is 2.27 bits per heavy atom. The second-order valence-electron chi connectivity index (χ2n) is 11.5. The number of hydrogen-bond donors (Lipinski definition) is 0.